The van der Waals surface area contributed by atoms with Crippen LogP contribution in [0.25, 0.3) is 0 Å². The number of allylic oxidation sites excluding steroid dienone is 12. The Labute approximate surface area is 609 Å². The zero-order valence-electron chi connectivity index (χ0n) is 63.6. The molecule has 0 aliphatic heterocycles. The van der Waals surface area contributed by atoms with Crippen LogP contribution in [-0.2, 0) is 65.4 Å². The third kappa shape index (κ3) is 72.8. The van der Waals surface area contributed by atoms with E-state index in [1.807, 2.05) is 0 Å². The van der Waals surface area contributed by atoms with Crippen molar-refractivity contribution in [1.29, 1.82) is 0 Å². The summed E-state index contributed by atoms with van der Waals surface area (Å²) in [5, 5.41) is 10.6. The molecular weight excluding hydrogens is 1310 g/mol. The van der Waals surface area contributed by atoms with E-state index in [-0.39, 0.29) is 25.7 Å². The number of carbonyl (C=O) groups is 4. The van der Waals surface area contributed by atoms with Crippen LogP contribution in [-0.4, -0.2) is 96.7 Å². The lowest BCUT2D eigenvalue weighted by Crippen LogP contribution is -2.30. The Balaban J connectivity index is 5.36. The number of phosphoric ester groups is 2. The zero-order valence-corrected chi connectivity index (χ0v) is 65.4. The largest absolute Gasteiger partial charge is 0.472 e. The van der Waals surface area contributed by atoms with E-state index < -0.39 is 97.5 Å². The number of aliphatic hydroxyl groups excluding tert-OH is 1. The maximum atomic E-state index is 13.1. The van der Waals surface area contributed by atoms with Crippen LogP contribution in [0.1, 0.15) is 362 Å². The van der Waals surface area contributed by atoms with Gasteiger partial charge in [-0.3, -0.25) is 37.3 Å². The molecule has 100 heavy (non-hydrogen) atoms. The van der Waals surface area contributed by atoms with Gasteiger partial charge in [-0.05, 0) is 141 Å². The fraction of sp³-hybridized carbons (Fsp3) is 0.802. The van der Waals surface area contributed by atoms with Gasteiger partial charge in [0.1, 0.15) is 19.3 Å². The summed E-state index contributed by atoms with van der Waals surface area (Å²) in [7, 11) is -9.95. The Bertz CT molecular complexity index is 2180. The first-order chi connectivity index (χ1) is 48.7. The number of esters is 4. The van der Waals surface area contributed by atoms with E-state index in [0.717, 1.165) is 167 Å². The van der Waals surface area contributed by atoms with Gasteiger partial charge in [-0.1, -0.05) is 268 Å². The Morgan fingerprint density at radius 3 is 0.780 bits per heavy atom. The molecule has 0 heterocycles. The predicted molar refractivity (Wildman–Crippen MR) is 409 cm³/mol. The number of ether oxygens (including phenoxy) is 4. The molecule has 0 radical (unpaired) electrons. The van der Waals surface area contributed by atoms with Crippen molar-refractivity contribution in [2.75, 3.05) is 39.6 Å². The summed E-state index contributed by atoms with van der Waals surface area (Å²) in [4.78, 5) is 73.0. The molecule has 19 heteroatoms. The van der Waals surface area contributed by atoms with Crippen LogP contribution >= 0.6 is 15.6 Å². The molecule has 2 unspecified atom stereocenters. The lowest BCUT2D eigenvalue weighted by molar-refractivity contribution is -0.161. The molecule has 0 aromatic carbocycles. The molecule has 5 atom stereocenters. The van der Waals surface area contributed by atoms with E-state index >= 15 is 0 Å². The van der Waals surface area contributed by atoms with Gasteiger partial charge in [0.15, 0.2) is 12.2 Å². The summed E-state index contributed by atoms with van der Waals surface area (Å²) < 4.78 is 68.6. The number of carbonyl (C=O) groups excluding carboxylic acids is 4. The highest BCUT2D eigenvalue weighted by Crippen LogP contribution is 2.45. The minimum atomic E-state index is -4.98. The van der Waals surface area contributed by atoms with Gasteiger partial charge in [-0.25, -0.2) is 9.13 Å². The van der Waals surface area contributed by atoms with Gasteiger partial charge in [0, 0.05) is 25.7 Å². The summed E-state index contributed by atoms with van der Waals surface area (Å²) in [5.74, 6) is -2.19. The molecule has 0 aromatic rings. The second-order valence-corrected chi connectivity index (χ2v) is 29.9. The van der Waals surface area contributed by atoms with Crippen LogP contribution in [0.15, 0.2) is 72.9 Å². The topological polar surface area (TPSA) is 237 Å². The van der Waals surface area contributed by atoms with Crippen molar-refractivity contribution in [3.63, 3.8) is 0 Å². The molecular formula is C81H146O17P2. The van der Waals surface area contributed by atoms with E-state index in [4.69, 9.17) is 37.0 Å². The first-order valence-corrected chi connectivity index (χ1v) is 43.2. The van der Waals surface area contributed by atoms with Crippen molar-refractivity contribution >= 4 is 39.5 Å². The Kier molecular flexibility index (Phi) is 71.2. The zero-order chi connectivity index (χ0) is 73.2. The third-order valence-corrected chi connectivity index (χ3v) is 19.0. The van der Waals surface area contributed by atoms with Crippen molar-refractivity contribution in [3.8, 4) is 0 Å². The number of rotatable bonds is 76. The van der Waals surface area contributed by atoms with E-state index in [0.29, 0.717) is 25.7 Å². The second kappa shape index (κ2) is 73.8. The van der Waals surface area contributed by atoms with Crippen molar-refractivity contribution in [1.82, 2.24) is 0 Å². The normalized spacial score (nSPS) is 14.3. The van der Waals surface area contributed by atoms with Crippen LogP contribution in [0.3, 0.4) is 0 Å². The lowest BCUT2D eigenvalue weighted by Gasteiger charge is -2.21. The standard InChI is InChI=1S/C81H146O17P2/c1-5-9-13-17-21-25-29-33-37-41-45-49-53-57-61-65-78(83)91-71-76(97-80(85)67-63-59-55-51-47-43-39-35-31-27-23-19-15-11-7-3)73-95-99(87,88)93-69-75(82)70-94-100(89,90)96-74-77(98-81(86)68-64-60-56-52-48-44-40-36-32-28-24-20-16-12-8-4)72-92-79(84)66-62-58-54-50-46-42-38-34-30-26-22-18-14-10-6-2/h21,24-26,28,30,33,35-37,39-40,75-77,82H,5-20,22-23,27,29,31-32,34,38,41-74H2,1-4H3,(H,87,88)(H,89,90)/b25-21-,28-24-,30-26-,37-33-,39-35-,40-36-/t75-,76-,77-/m1/s1. The molecule has 17 nitrogen and oxygen atoms in total. The number of hydrogen-bond donors (Lipinski definition) is 3. The van der Waals surface area contributed by atoms with Gasteiger partial charge in [-0.2, -0.15) is 0 Å². The van der Waals surface area contributed by atoms with Gasteiger partial charge in [0.25, 0.3) is 0 Å². The quantitative estimate of drug-likeness (QED) is 0.0169. The summed E-state index contributed by atoms with van der Waals surface area (Å²) in [5.41, 5.74) is 0. The monoisotopic (exact) mass is 1450 g/mol. The maximum Gasteiger partial charge on any atom is 0.472 e. The summed E-state index contributed by atoms with van der Waals surface area (Å²) >= 11 is 0. The first kappa shape index (κ1) is 96.5. The second-order valence-electron chi connectivity index (χ2n) is 27.0. The molecule has 0 aliphatic rings. The van der Waals surface area contributed by atoms with Crippen LogP contribution in [0.5, 0.6) is 0 Å². The Morgan fingerprint density at radius 1 is 0.280 bits per heavy atom. The van der Waals surface area contributed by atoms with Crippen LogP contribution in [0.2, 0.25) is 0 Å². The number of unbranched alkanes of at least 4 members (excludes halogenated alkanes) is 38. The number of hydrogen-bond acceptors (Lipinski definition) is 15. The van der Waals surface area contributed by atoms with Gasteiger partial charge < -0.3 is 33.8 Å². The van der Waals surface area contributed by atoms with Crippen LogP contribution in [0.4, 0.5) is 0 Å². The smallest absolute Gasteiger partial charge is 0.462 e. The SMILES string of the molecule is CCCCC/C=C\C/C=C\CCCCCCCC(=O)OC[C@H](COP(=O)(O)OC[C@@H](O)COP(=O)(O)OC[C@@H](COC(=O)CCCCCCCCC/C=C\CCCCCC)OC(=O)CCCCCCC/C=C\C/C=C\CCCCC)OC(=O)CCCCCCC/C=C\CCCCCCCC. The molecule has 0 rings (SSSR count). The van der Waals surface area contributed by atoms with Crippen molar-refractivity contribution in [2.24, 2.45) is 0 Å². The van der Waals surface area contributed by atoms with Crippen molar-refractivity contribution in [2.45, 2.75) is 380 Å². The maximum absolute atomic E-state index is 13.1. The van der Waals surface area contributed by atoms with E-state index in [1.54, 1.807) is 0 Å². The minimum absolute atomic E-state index is 0.0806. The first-order valence-electron chi connectivity index (χ1n) is 40.2. The minimum Gasteiger partial charge on any atom is -0.462 e. The van der Waals surface area contributed by atoms with Gasteiger partial charge in [0.2, 0.25) is 0 Å². The number of phosphoric acid groups is 2. The average Bonchev–Trinajstić information content (AvgIpc) is 1.01. The molecule has 3 N–H and O–H groups in total. The van der Waals surface area contributed by atoms with E-state index in [1.165, 1.54) is 116 Å². The molecule has 582 valence electrons. The summed E-state index contributed by atoms with van der Waals surface area (Å²) in [6.07, 6.45) is 74.4. The molecule has 0 aliphatic carbocycles. The van der Waals surface area contributed by atoms with Gasteiger partial charge in [0.05, 0.1) is 26.4 Å². The Hall–Kier alpha value is -3.50. The van der Waals surface area contributed by atoms with Gasteiger partial charge in [-0.15, -0.1) is 0 Å². The van der Waals surface area contributed by atoms with Gasteiger partial charge >= 0.3 is 39.5 Å². The molecule has 0 saturated carbocycles. The highest BCUT2D eigenvalue weighted by molar-refractivity contribution is 7.47. The van der Waals surface area contributed by atoms with Crippen molar-refractivity contribution < 1.29 is 80.2 Å². The third-order valence-electron chi connectivity index (χ3n) is 17.1. The molecule has 0 aromatic heterocycles. The molecule has 0 saturated heterocycles. The lowest BCUT2D eigenvalue weighted by atomic mass is 10.1. The van der Waals surface area contributed by atoms with Crippen LogP contribution in [0, 0.1) is 0 Å². The van der Waals surface area contributed by atoms with Crippen molar-refractivity contribution in [3.05, 3.63) is 72.9 Å². The molecule has 0 spiro atoms. The Morgan fingerprint density at radius 2 is 0.490 bits per heavy atom. The molecule has 0 bridgehead atoms. The van der Waals surface area contributed by atoms with Crippen LogP contribution < -0.4 is 0 Å². The fourth-order valence-corrected chi connectivity index (χ4v) is 12.5. The molecule has 0 amide bonds. The highest BCUT2D eigenvalue weighted by Gasteiger charge is 2.30. The highest BCUT2D eigenvalue weighted by atomic mass is 31.2. The average molecular weight is 1450 g/mol. The van der Waals surface area contributed by atoms with E-state index in [9.17, 15) is 43.2 Å². The predicted octanol–water partition coefficient (Wildman–Crippen LogP) is 23.2. The summed E-state index contributed by atoms with van der Waals surface area (Å²) in [6, 6.07) is 0. The van der Waals surface area contributed by atoms with E-state index in [2.05, 4.69) is 101 Å². The number of aliphatic hydroxyl groups is 1. The summed E-state index contributed by atoms with van der Waals surface area (Å²) in [6.45, 7) is 4.82. The fourth-order valence-electron chi connectivity index (χ4n) is 10.9. The molecule has 0 fully saturated rings.